The van der Waals surface area contributed by atoms with E-state index in [0.717, 1.165) is 5.52 Å². The number of nitrogens with zero attached hydrogens (tertiary/aromatic N) is 2. The number of benzene rings is 1. The summed E-state index contributed by atoms with van der Waals surface area (Å²) < 4.78 is 1.75. The van der Waals surface area contributed by atoms with Crippen molar-refractivity contribution < 1.29 is 0 Å². The molecule has 0 saturated heterocycles. The Morgan fingerprint density at radius 1 is 1.20 bits per heavy atom. The molecule has 3 nitrogen and oxygen atoms in total. The van der Waals surface area contributed by atoms with E-state index in [4.69, 9.17) is 0 Å². The summed E-state index contributed by atoms with van der Waals surface area (Å²) in [7, 11) is -1.08. The number of fused-ring (bicyclic) bond motifs is 1. The van der Waals surface area contributed by atoms with Gasteiger partial charge in [-0.3, -0.25) is 8.77 Å². The topological polar surface area (TPSA) is 34.9 Å². The van der Waals surface area contributed by atoms with Crippen LogP contribution in [-0.2, 0) is 0 Å². The molecule has 2 aromatic rings. The van der Waals surface area contributed by atoms with Crippen LogP contribution in [-0.4, -0.2) is 27.7 Å². The van der Waals surface area contributed by atoms with E-state index in [1.54, 1.807) is 10.3 Å². The second-order valence-corrected chi connectivity index (χ2v) is 8.10. The van der Waals surface area contributed by atoms with Gasteiger partial charge in [-0.05, 0) is 30.9 Å². The van der Waals surface area contributed by atoms with Crippen molar-refractivity contribution in [2.45, 2.75) is 0 Å². The predicted molar refractivity (Wildman–Crippen MR) is 66.8 cm³/mol. The molecular formula is C11H14N2OS. The van der Waals surface area contributed by atoms with Crippen LogP contribution in [0.25, 0.3) is 10.9 Å². The molecule has 0 aliphatic rings. The minimum Gasteiger partial charge on any atom is -0.268 e. The van der Waals surface area contributed by atoms with E-state index in [2.05, 4.69) is 23.8 Å². The van der Waals surface area contributed by atoms with Gasteiger partial charge in [0.1, 0.15) is 6.33 Å². The molecule has 80 valence electrons. The molecule has 1 heterocycles. The summed E-state index contributed by atoms with van der Waals surface area (Å²) in [5.41, 5.74) is 0.825. The molecule has 0 fully saturated rings. The lowest BCUT2D eigenvalue weighted by Crippen LogP contribution is -2.23. The number of hydrogen-bond donors (Lipinski definition) is 0. The standard InChI is InChI=1S/C11H14N2OS/c1-15(2,3)13-8-12-10-7-5-4-6-9(10)11(13)14/h4-8H,1-3H3. The van der Waals surface area contributed by atoms with Gasteiger partial charge in [0.15, 0.2) is 0 Å². The molecule has 0 N–H and O–H groups in total. The summed E-state index contributed by atoms with van der Waals surface area (Å²) in [5, 5.41) is 0.697. The monoisotopic (exact) mass is 222 g/mol. The molecule has 0 aliphatic heterocycles. The molecule has 2 rings (SSSR count). The molecule has 0 atom stereocenters. The maximum atomic E-state index is 12.1. The first kappa shape index (κ1) is 10.2. The Labute approximate surface area is 90.2 Å². The SMILES string of the molecule is CS(C)(C)n1cnc2ccccc2c1=O. The van der Waals surface area contributed by atoms with Crippen LogP contribution in [0.15, 0.2) is 35.4 Å². The van der Waals surface area contributed by atoms with Crippen LogP contribution in [0.5, 0.6) is 0 Å². The van der Waals surface area contributed by atoms with Gasteiger partial charge in [0.2, 0.25) is 0 Å². The highest BCUT2D eigenvalue weighted by Gasteiger charge is 2.11. The van der Waals surface area contributed by atoms with E-state index >= 15 is 0 Å². The van der Waals surface area contributed by atoms with Crippen molar-refractivity contribution in [3.63, 3.8) is 0 Å². The highest BCUT2D eigenvalue weighted by Crippen LogP contribution is 2.34. The first-order chi connectivity index (χ1) is 7.00. The zero-order chi connectivity index (χ0) is 11.1. The van der Waals surface area contributed by atoms with Crippen LogP contribution >= 0.6 is 10.2 Å². The third-order valence-electron chi connectivity index (χ3n) is 2.23. The summed E-state index contributed by atoms with van der Waals surface area (Å²) in [6, 6.07) is 7.45. The summed E-state index contributed by atoms with van der Waals surface area (Å²) in [6.45, 7) is 0. The number of hydrogen-bond acceptors (Lipinski definition) is 2. The van der Waals surface area contributed by atoms with E-state index < -0.39 is 10.2 Å². The number of rotatable bonds is 1. The van der Waals surface area contributed by atoms with Crippen LogP contribution in [0.2, 0.25) is 0 Å². The lowest BCUT2D eigenvalue weighted by atomic mass is 10.2. The van der Waals surface area contributed by atoms with E-state index in [9.17, 15) is 4.79 Å². The van der Waals surface area contributed by atoms with Gasteiger partial charge in [-0.1, -0.05) is 12.1 Å². The van der Waals surface area contributed by atoms with Crippen LogP contribution in [0.1, 0.15) is 0 Å². The van der Waals surface area contributed by atoms with Crippen LogP contribution in [0.3, 0.4) is 0 Å². The average Bonchev–Trinajstić information content (AvgIpc) is 2.16. The summed E-state index contributed by atoms with van der Waals surface area (Å²) >= 11 is 0. The minimum atomic E-state index is -1.08. The Hall–Kier alpha value is -1.29. The van der Waals surface area contributed by atoms with Crippen molar-refractivity contribution in [3.8, 4) is 0 Å². The van der Waals surface area contributed by atoms with Gasteiger partial charge in [-0.2, -0.15) is 10.2 Å². The molecule has 15 heavy (non-hydrogen) atoms. The molecule has 0 radical (unpaired) electrons. The zero-order valence-corrected chi connectivity index (χ0v) is 9.91. The smallest absolute Gasteiger partial charge is 0.268 e. The third-order valence-corrected chi connectivity index (χ3v) is 3.67. The van der Waals surface area contributed by atoms with Crippen LogP contribution < -0.4 is 5.56 Å². The molecule has 4 heteroatoms. The summed E-state index contributed by atoms with van der Waals surface area (Å²) in [4.78, 5) is 16.4. The molecule has 0 amide bonds. The van der Waals surface area contributed by atoms with Gasteiger partial charge in [0.05, 0.1) is 10.9 Å². The minimum absolute atomic E-state index is 0.0584. The fourth-order valence-electron chi connectivity index (χ4n) is 1.44. The van der Waals surface area contributed by atoms with Crippen LogP contribution in [0.4, 0.5) is 0 Å². The Balaban J connectivity index is 2.83. The van der Waals surface area contributed by atoms with Gasteiger partial charge in [0.25, 0.3) is 5.56 Å². The quantitative estimate of drug-likeness (QED) is 0.738. The zero-order valence-electron chi connectivity index (χ0n) is 9.10. The fraction of sp³-hybridized carbons (Fsp3) is 0.273. The number of aromatic nitrogens is 2. The molecule has 0 bridgehead atoms. The molecule has 1 aromatic heterocycles. The van der Waals surface area contributed by atoms with Crippen molar-refractivity contribution in [2.24, 2.45) is 0 Å². The van der Waals surface area contributed by atoms with Crippen molar-refractivity contribution in [1.29, 1.82) is 0 Å². The lowest BCUT2D eigenvalue weighted by Gasteiger charge is -2.27. The number of para-hydroxylation sites is 1. The van der Waals surface area contributed by atoms with Gasteiger partial charge in [-0.15, -0.1) is 0 Å². The van der Waals surface area contributed by atoms with Crippen molar-refractivity contribution in [2.75, 3.05) is 18.8 Å². The van der Waals surface area contributed by atoms with Gasteiger partial charge in [0, 0.05) is 0 Å². The second kappa shape index (κ2) is 3.38. The van der Waals surface area contributed by atoms with E-state index in [-0.39, 0.29) is 5.56 Å². The molecule has 0 spiro atoms. The lowest BCUT2D eigenvalue weighted by molar-refractivity contribution is 1.08. The maximum absolute atomic E-state index is 12.1. The Morgan fingerprint density at radius 3 is 2.53 bits per heavy atom. The molecule has 0 unspecified atom stereocenters. The Bertz CT molecular complexity index is 554. The maximum Gasteiger partial charge on any atom is 0.269 e. The Morgan fingerprint density at radius 2 is 1.87 bits per heavy atom. The van der Waals surface area contributed by atoms with Gasteiger partial charge >= 0.3 is 0 Å². The average molecular weight is 222 g/mol. The van der Waals surface area contributed by atoms with Crippen molar-refractivity contribution in [1.82, 2.24) is 8.96 Å². The fourth-order valence-corrected chi connectivity index (χ4v) is 2.37. The normalized spacial score (nSPS) is 13.0. The van der Waals surface area contributed by atoms with Gasteiger partial charge in [-0.25, -0.2) is 4.98 Å². The van der Waals surface area contributed by atoms with E-state index in [1.165, 1.54) is 0 Å². The molecule has 0 saturated carbocycles. The third kappa shape index (κ3) is 1.77. The predicted octanol–water partition coefficient (Wildman–Crippen LogP) is 1.85. The summed E-state index contributed by atoms with van der Waals surface area (Å²) in [6.07, 6.45) is 7.88. The highest BCUT2D eigenvalue weighted by molar-refractivity contribution is 8.30. The largest absolute Gasteiger partial charge is 0.269 e. The van der Waals surface area contributed by atoms with E-state index in [1.807, 2.05) is 24.3 Å². The molecular weight excluding hydrogens is 208 g/mol. The first-order valence-corrected chi connectivity index (χ1v) is 7.47. The molecule has 0 aliphatic carbocycles. The summed E-state index contributed by atoms with van der Waals surface area (Å²) in [5.74, 6) is 0. The van der Waals surface area contributed by atoms with Crippen LogP contribution in [0, 0.1) is 0 Å². The van der Waals surface area contributed by atoms with Gasteiger partial charge < -0.3 is 0 Å². The molecule has 1 aromatic carbocycles. The first-order valence-electron chi connectivity index (χ1n) is 4.65. The van der Waals surface area contributed by atoms with E-state index in [0.29, 0.717) is 5.39 Å². The second-order valence-electron chi connectivity index (χ2n) is 4.17. The highest BCUT2D eigenvalue weighted by atomic mass is 32.3. The van der Waals surface area contributed by atoms with Crippen molar-refractivity contribution in [3.05, 3.63) is 40.9 Å². The Kier molecular flexibility index (Phi) is 2.31. The van der Waals surface area contributed by atoms with Crippen molar-refractivity contribution >= 4 is 21.1 Å².